The standard InChI is InChI=1S/C29H33N9O2/c1-3-25(39)36-12-10-35(11-13-36)20-21-4-6-23(7-5-21)38-9-8-24-26(22-18-31-28(30-2)32-19-22)33-29(34-27(24)38)37-14-16-40-17-15-37/h3-9,18-19H,1,10-17,20H2,2H3,(H,30,31,32). The normalized spacial score (nSPS) is 16.3. The minimum Gasteiger partial charge on any atom is -0.378 e. The monoisotopic (exact) mass is 539 g/mol. The largest absolute Gasteiger partial charge is 0.378 e. The van der Waals surface area contributed by atoms with Gasteiger partial charge in [0.25, 0.3) is 0 Å². The van der Waals surface area contributed by atoms with Crippen molar-refractivity contribution < 1.29 is 9.53 Å². The van der Waals surface area contributed by atoms with E-state index in [0.717, 1.165) is 73.8 Å². The van der Waals surface area contributed by atoms with Crippen molar-refractivity contribution >= 4 is 28.8 Å². The maximum Gasteiger partial charge on any atom is 0.246 e. The predicted molar refractivity (Wildman–Crippen MR) is 155 cm³/mol. The van der Waals surface area contributed by atoms with Crippen LogP contribution in [0.4, 0.5) is 11.9 Å². The average molecular weight is 540 g/mol. The molecule has 206 valence electrons. The zero-order valence-electron chi connectivity index (χ0n) is 22.7. The van der Waals surface area contributed by atoms with Gasteiger partial charge in [0.2, 0.25) is 17.8 Å². The molecule has 1 aromatic carbocycles. The number of piperazine rings is 1. The maximum atomic E-state index is 11.9. The van der Waals surface area contributed by atoms with Gasteiger partial charge in [-0.15, -0.1) is 0 Å². The molecule has 0 spiro atoms. The summed E-state index contributed by atoms with van der Waals surface area (Å²) in [6.45, 7) is 10.4. The summed E-state index contributed by atoms with van der Waals surface area (Å²) in [6, 6.07) is 10.6. The first-order chi connectivity index (χ1) is 19.6. The Bertz CT molecular complexity index is 1490. The number of nitrogens with zero attached hydrogens (tertiary/aromatic N) is 8. The molecule has 0 bridgehead atoms. The number of carbonyl (C=O) groups excluding carboxylic acids is 1. The number of amides is 1. The first-order valence-electron chi connectivity index (χ1n) is 13.6. The van der Waals surface area contributed by atoms with Crippen LogP contribution in [0.1, 0.15) is 5.56 Å². The fourth-order valence-electron chi connectivity index (χ4n) is 5.19. The lowest BCUT2D eigenvalue weighted by Gasteiger charge is -2.34. The summed E-state index contributed by atoms with van der Waals surface area (Å²) in [4.78, 5) is 37.1. The molecule has 0 atom stereocenters. The molecular formula is C29H33N9O2. The van der Waals surface area contributed by atoms with Crippen LogP contribution in [0.25, 0.3) is 28.0 Å². The minimum absolute atomic E-state index is 0.00852. The summed E-state index contributed by atoms with van der Waals surface area (Å²) in [5.74, 6) is 1.25. The van der Waals surface area contributed by atoms with E-state index < -0.39 is 0 Å². The molecule has 2 aliphatic heterocycles. The predicted octanol–water partition coefficient (Wildman–Crippen LogP) is 2.59. The minimum atomic E-state index is 0.00852. The molecule has 2 fully saturated rings. The Hall–Kier alpha value is -4.35. The number of hydrogen-bond donors (Lipinski definition) is 1. The van der Waals surface area contributed by atoms with Crippen molar-refractivity contribution in [3.05, 3.63) is 67.1 Å². The highest BCUT2D eigenvalue weighted by molar-refractivity contribution is 5.92. The molecule has 0 saturated carbocycles. The van der Waals surface area contributed by atoms with Crippen molar-refractivity contribution in [2.24, 2.45) is 0 Å². The number of ether oxygens (including phenoxy) is 1. The van der Waals surface area contributed by atoms with Gasteiger partial charge in [0, 0.05) is 88.1 Å². The second-order valence-electron chi connectivity index (χ2n) is 9.91. The van der Waals surface area contributed by atoms with E-state index in [1.807, 2.05) is 11.1 Å². The average Bonchev–Trinajstić information content (AvgIpc) is 3.45. The van der Waals surface area contributed by atoms with Crippen LogP contribution >= 0.6 is 0 Å². The Morgan fingerprint density at radius 3 is 2.40 bits per heavy atom. The van der Waals surface area contributed by atoms with Crippen molar-refractivity contribution in [2.75, 3.05) is 69.7 Å². The van der Waals surface area contributed by atoms with Gasteiger partial charge in [0.15, 0.2) is 5.65 Å². The van der Waals surface area contributed by atoms with E-state index in [2.05, 4.69) is 66.6 Å². The second kappa shape index (κ2) is 11.4. The fourth-order valence-corrected chi connectivity index (χ4v) is 5.19. The molecule has 0 unspecified atom stereocenters. The van der Waals surface area contributed by atoms with Gasteiger partial charge in [-0.05, 0) is 29.8 Å². The Kier molecular flexibility index (Phi) is 7.39. The van der Waals surface area contributed by atoms with Crippen LogP contribution in [0.5, 0.6) is 0 Å². The van der Waals surface area contributed by atoms with E-state index in [-0.39, 0.29) is 5.91 Å². The van der Waals surface area contributed by atoms with Crippen molar-refractivity contribution in [1.29, 1.82) is 0 Å². The Balaban J connectivity index is 1.28. The van der Waals surface area contributed by atoms with Crippen LogP contribution in [0.2, 0.25) is 0 Å². The molecule has 11 nitrogen and oxygen atoms in total. The fraction of sp³-hybridized carbons (Fsp3) is 0.345. The molecule has 1 amide bonds. The van der Waals surface area contributed by atoms with Gasteiger partial charge < -0.3 is 24.4 Å². The Morgan fingerprint density at radius 1 is 1.00 bits per heavy atom. The van der Waals surface area contributed by atoms with Gasteiger partial charge in [-0.2, -0.15) is 4.98 Å². The zero-order valence-corrected chi connectivity index (χ0v) is 22.7. The number of carbonyl (C=O) groups is 1. The molecule has 40 heavy (non-hydrogen) atoms. The molecule has 11 heteroatoms. The lowest BCUT2D eigenvalue weighted by Crippen LogP contribution is -2.47. The molecule has 4 aromatic rings. The molecule has 1 N–H and O–H groups in total. The zero-order chi connectivity index (χ0) is 27.5. The highest BCUT2D eigenvalue weighted by Crippen LogP contribution is 2.30. The number of hydrogen-bond acceptors (Lipinski definition) is 9. The summed E-state index contributed by atoms with van der Waals surface area (Å²) < 4.78 is 7.67. The SMILES string of the molecule is C=CC(=O)N1CCN(Cc2ccc(-n3ccc4c(-c5cnc(NC)nc5)nc(N5CCOCC5)nc43)cc2)CC1. The van der Waals surface area contributed by atoms with Crippen LogP contribution in [0.15, 0.2) is 61.6 Å². The summed E-state index contributed by atoms with van der Waals surface area (Å²) in [5, 5.41) is 3.91. The molecule has 2 aliphatic rings. The molecule has 5 heterocycles. The van der Waals surface area contributed by atoms with E-state index in [1.54, 1.807) is 19.4 Å². The number of fused-ring (bicyclic) bond motifs is 1. The number of rotatable bonds is 7. The molecule has 6 rings (SSSR count). The van der Waals surface area contributed by atoms with E-state index in [1.165, 1.54) is 11.6 Å². The van der Waals surface area contributed by atoms with E-state index in [4.69, 9.17) is 14.7 Å². The van der Waals surface area contributed by atoms with Crippen LogP contribution in [0.3, 0.4) is 0 Å². The van der Waals surface area contributed by atoms with Crippen molar-refractivity contribution in [2.45, 2.75) is 6.54 Å². The number of anilines is 2. The van der Waals surface area contributed by atoms with Gasteiger partial charge in [-0.1, -0.05) is 18.7 Å². The third-order valence-corrected chi connectivity index (χ3v) is 7.45. The quantitative estimate of drug-likeness (QED) is 0.355. The van der Waals surface area contributed by atoms with Crippen molar-refractivity contribution in [3.63, 3.8) is 0 Å². The van der Waals surface area contributed by atoms with Crippen LogP contribution in [0, 0.1) is 0 Å². The maximum absolute atomic E-state index is 11.9. The number of morpholine rings is 1. The van der Waals surface area contributed by atoms with Gasteiger partial charge in [0.05, 0.1) is 18.9 Å². The molecule has 0 radical (unpaired) electrons. The first kappa shape index (κ1) is 25.9. The second-order valence-corrected chi connectivity index (χ2v) is 9.91. The van der Waals surface area contributed by atoms with Gasteiger partial charge in [0.1, 0.15) is 0 Å². The Morgan fingerprint density at radius 2 is 1.73 bits per heavy atom. The van der Waals surface area contributed by atoms with Crippen molar-refractivity contribution in [3.8, 4) is 16.9 Å². The third-order valence-electron chi connectivity index (χ3n) is 7.45. The smallest absolute Gasteiger partial charge is 0.246 e. The lowest BCUT2D eigenvalue weighted by atomic mass is 10.1. The van der Waals surface area contributed by atoms with Gasteiger partial charge >= 0.3 is 0 Å². The van der Waals surface area contributed by atoms with Gasteiger partial charge in [-0.3, -0.25) is 9.69 Å². The third kappa shape index (κ3) is 5.25. The van der Waals surface area contributed by atoms with E-state index >= 15 is 0 Å². The number of aromatic nitrogens is 5. The summed E-state index contributed by atoms with van der Waals surface area (Å²) in [5.41, 5.74) is 4.73. The lowest BCUT2D eigenvalue weighted by molar-refractivity contribution is -0.127. The van der Waals surface area contributed by atoms with Crippen LogP contribution in [-0.4, -0.2) is 99.7 Å². The van der Waals surface area contributed by atoms with Crippen molar-refractivity contribution in [1.82, 2.24) is 34.3 Å². The summed E-state index contributed by atoms with van der Waals surface area (Å²) in [7, 11) is 1.80. The highest BCUT2D eigenvalue weighted by atomic mass is 16.5. The number of benzene rings is 1. The summed E-state index contributed by atoms with van der Waals surface area (Å²) >= 11 is 0. The molecule has 3 aromatic heterocycles. The Labute approximate surface area is 233 Å². The highest BCUT2D eigenvalue weighted by Gasteiger charge is 2.21. The van der Waals surface area contributed by atoms with E-state index in [9.17, 15) is 4.79 Å². The first-order valence-corrected chi connectivity index (χ1v) is 13.6. The molecular weight excluding hydrogens is 506 g/mol. The van der Waals surface area contributed by atoms with Crippen LogP contribution in [-0.2, 0) is 16.1 Å². The van der Waals surface area contributed by atoms with E-state index in [0.29, 0.717) is 25.1 Å². The molecule has 0 aliphatic carbocycles. The number of nitrogens with one attached hydrogen (secondary N) is 1. The molecule has 2 saturated heterocycles. The summed E-state index contributed by atoms with van der Waals surface area (Å²) in [6.07, 6.45) is 7.02. The van der Waals surface area contributed by atoms with Crippen LogP contribution < -0.4 is 10.2 Å². The van der Waals surface area contributed by atoms with Gasteiger partial charge in [-0.25, -0.2) is 15.0 Å². The topological polar surface area (TPSA) is 105 Å².